The van der Waals surface area contributed by atoms with Crippen LogP contribution in [-0.2, 0) is 6.42 Å². The van der Waals surface area contributed by atoms with Crippen LogP contribution in [0.4, 0.5) is 4.39 Å². The quantitative estimate of drug-likeness (QED) is 0.696. The molecule has 0 amide bonds. The molecule has 1 rings (SSSR count). The first kappa shape index (κ1) is 13.1. The Labute approximate surface area is 97.0 Å². The molecule has 0 bridgehead atoms. The van der Waals surface area contributed by atoms with Gasteiger partial charge >= 0.3 is 0 Å². The van der Waals surface area contributed by atoms with Crippen molar-refractivity contribution < 1.29 is 4.39 Å². The molecule has 0 aliphatic carbocycles. The van der Waals surface area contributed by atoms with Gasteiger partial charge in [0.15, 0.2) is 0 Å². The van der Waals surface area contributed by atoms with E-state index in [4.69, 9.17) is 5.73 Å². The molecule has 1 atom stereocenters. The lowest BCUT2D eigenvalue weighted by molar-refractivity contribution is 0.526. The van der Waals surface area contributed by atoms with Crippen molar-refractivity contribution in [1.82, 2.24) is 5.32 Å². The summed E-state index contributed by atoms with van der Waals surface area (Å²) in [6, 6.07) is 7.12. The third kappa shape index (κ3) is 5.24. The van der Waals surface area contributed by atoms with E-state index < -0.39 is 0 Å². The minimum Gasteiger partial charge on any atom is -0.330 e. The molecule has 0 aromatic heterocycles. The summed E-state index contributed by atoms with van der Waals surface area (Å²) in [5, 5.41) is 3.43. The molecule has 3 heteroatoms. The fraction of sp³-hybridized carbons (Fsp3) is 0.538. The largest absolute Gasteiger partial charge is 0.330 e. The van der Waals surface area contributed by atoms with Crippen LogP contribution in [-0.4, -0.2) is 19.1 Å². The zero-order valence-corrected chi connectivity index (χ0v) is 9.88. The van der Waals surface area contributed by atoms with Gasteiger partial charge in [0, 0.05) is 6.04 Å². The van der Waals surface area contributed by atoms with Gasteiger partial charge in [0.05, 0.1) is 0 Å². The second-order valence-electron chi connectivity index (χ2n) is 4.18. The summed E-state index contributed by atoms with van der Waals surface area (Å²) in [6.07, 6.45) is 3.11. The highest BCUT2D eigenvalue weighted by atomic mass is 19.1. The molecule has 16 heavy (non-hydrogen) atoms. The molecule has 0 spiro atoms. The van der Waals surface area contributed by atoms with Gasteiger partial charge in [0.2, 0.25) is 0 Å². The number of nitrogens with one attached hydrogen (secondary N) is 1. The Morgan fingerprint density at radius 2 is 1.94 bits per heavy atom. The summed E-state index contributed by atoms with van der Waals surface area (Å²) in [6.45, 7) is 3.90. The summed E-state index contributed by atoms with van der Waals surface area (Å²) >= 11 is 0. The highest BCUT2D eigenvalue weighted by Crippen LogP contribution is 2.05. The molecular weight excluding hydrogens is 203 g/mol. The normalized spacial score (nSPS) is 12.7. The van der Waals surface area contributed by atoms with Gasteiger partial charge in [-0.3, -0.25) is 0 Å². The molecule has 1 aromatic carbocycles. The lowest BCUT2D eigenvalue weighted by atomic mass is 10.1. The Hall–Kier alpha value is -0.930. The molecule has 0 aliphatic rings. The van der Waals surface area contributed by atoms with E-state index in [1.54, 1.807) is 0 Å². The van der Waals surface area contributed by atoms with Crippen LogP contribution in [0, 0.1) is 5.82 Å². The van der Waals surface area contributed by atoms with Crippen molar-refractivity contribution in [3.63, 3.8) is 0 Å². The third-order valence-corrected chi connectivity index (χ3v) is 2.58. The maximum atomic E-state index is 12.7. The zero-order valence-electron chi connectivity index (χ0n) is 9.88. The summed E-state index contributed by atoms with van der Waals surface area (Å²) in [5.41, 5.74) is 6.59. The molecule has 0 saturated heterocycles. The summed E-state index contributed by atoms with van der Waals surface area (Å²) < 4.78 is 12.7. The van der Waals surface area contributed by atoms with Crippen LogP contribution in [0.25, 0.3) is 0 Å². The molecule has 0 aliphatic heterocycles. The lowest BCUT2D eigenvalue weighted by Gasteiger charge is -2.13. The number of unbranched alkanes of at least 4 members (excludes halogenated alkanes) is 1. The minimum absolute atomic E-state index is 0.174. The van der Waals surface area contributed by atoms with E-state index in [1.165, 1.54) is 17.7 Å². The van der Waals surface area contributed by atoms with Crippen molar-refractivity contribution in [3.8, 4) is 0 Å². The molecule has 1 unspecified atom stereocenters. The Morgan fingerprint density at radius 1 is 1.25 bits per heavy atom. The van der Waals surface area contributed by atoms with Crippen LogP contribution in [0.2, 0.25) is 0 Å². The number of rotatable bonds is 7. The number of hydrogen-bond donors (Lipinski definition) is 2. The van der Waals surface area contributed by atoms with Crippen molar-refractivity contribution in [3.05, 3.63) is 35.6 Å². The Morgan fingerprint density at radius 3 is 2.56 bits per heavy atom. The standard InChI is InChI=1S/C13H21FN2/c1-11(16-9-3-2-8-15)10-12-4-6-13(14)7-5-12/h4-7,11,16H,2-3,8-10,15H2,1H3. The molecular formula is C13H21FN2. The van der Waals surface area contributed by atoms with Crippen LogP contribution in [0.1, 0.15) is 25.3 Å². The van der Waals surface area contributed by atoms with E-state index in [0.29, 0.717) is 6.04 Å². The number of benzene rings is 1. The molecule has 1 aromatic rings. The second-order valence-corrected chi connectivity index (χ2v) is 4.18. The van der Waals surface area contributed by atoms with Crippen LogP contribution in [0.15, 0.2) is 24.3 Å². The van der Waals surface area contributed by atoms with Gasteiger partial charge in [0.1, 0.15) is 5.82 Å². The van der Waals surface area contributed by atoms with E-state index in [2.05, 4.69) is 12.2 Å². The molecule has 0 radical (unpaired) electrons. The third-order valence-electron chi connectivity index (χ3n) is 2.58. The monoisotopic (exact) mass is 224 g/mol. The highest BCUT2D eigenvalue weighted by Gasteiger charge is 2.02. The predicted octanol–water partition coefficient (Wildman–Crippen LogP) is 2.09. The van der Waals surface area contributed by atoms with Gasteiger partial charge in [0.25, 0.3) is 0 Å². The Balaban J connectivity index is 2.23. The molecule has 0 fully saturated rings. The van der Waals surface area contributed by atoms with Gasteiger partial charge in [-0.2, -0.15) is 0 Å². The highest BCUT2D eigenvalue weighted by molar-refractivity contribution is 5.16. The summed E-state index contributed by atoms with van der Waals surface area (Å²) in [7, 11) is 0. The van der Waals surface area contributed by atoms with Gasteiger partial charge in [-0.05, 0) is 57.0 Å². The van der Waals surface area contributed by atoms with E-state index in [0.717, 1.165) is 32.4 Å². The van der Waals surface area contributed by atoms with E-state index >= 15 is 0 Å². The van der Waals surface area contributed by atoms with Crippen molar-refractivity contribution in [2.45, 2.75) is 32.2 Å². The smallest absolute Gasteiger partial charge is 0.123 e. The van der Waals surface area contributed by atoms with Crippen molar-refractivity contribution in [1.29, 1.82) is 0 Å². The zero-order chi connectivity index (χ0) is 11.8. The van der Waals surface area contributed by atoms with Crippen molar-refractivity contribution in [2.24, 2.45) is 5.73 Å². The first-order valence-corrected chi connectivity index (χ1v) is 5.90. The average Bonchev–Trinajstić information content (AvgIpc) is 2.28. The van der Waals surface area contributed by atoms with Gasteiger partial charge < -0.3 is 11.1 Å². The second kappa shape index (κ2) is 7.36. The first-order valence-electron chi connectivity index (χ1n) is 5.90. The summed E-state index contributed by atoms with van der Waals surface area (Å²) in [5.74, 6) is -0.174. The van der Waals surface area contributed by atoms with Crippen LogP contribution in [0.3, 0.4) is 0 Å². The van der Waals surface area contributed by atoms with Crippen molar-refractivity contribution in [2.75, 3.05) is 13.1 Å². The molecule has 2 nitrogen and oxygen atoms in total. The van der Waals surface area contributed by atoms with E-state index in [9.17, 15) is 4.39 Å². The van der Waals surface area contributed by atoms with Gasteiger partial charge in [-0.1, -0.05) is 12.1 Å². The Bertz CT molecular complexity index is 284. The van der Waals surface area contributed by atoms with Gasteiger partial charge in [-0.15, -0.1) is 0 Å². The molecule has 0 saturated carbocycles. The van der Waals surface area contributed by atoms with Crippen LogP contribution < -0.4 is 11.1 Å². The minimum atomic E-state index is -0.174. The predicted molar refractivity (Wildman–Crippen MR) is 65.9 cm³/mol. The average molecular weight is 224 g/mol. The lowest BCUT2D eigenvalue weighted by Crippen LogP contribution is -2.29. The first-order chi connectivity index (χ1) is 7.72. The molecule has 0 heterocycles. The SMILES string of the molecule is CC(Cc1ccc(F)cc1)NCCCCN. The molecule has 90 valence electrons. The summed E-state index contributed by atoms with van der Waals surface area (Å²) in [4.78, 5) is 0. The van der Waals surface area contributed by atoms with Gasteiger partial charge in [-0.25, -0.2) is 4.39 Å². The fourth-order valence-electron chi connectivity index (χ4n) is 1.66. The van der Waals surface area contributed by atoms with E-state index in [-0.39, 0.29) is 5.82 Å². The fourth-order valence-corrected chi connectivity index (χ4v) is 1.66. The topological polar surface area (TPSA) is 38.0 Å². The maximum Gasteiger partial charge on any atom is 0.123 e. The van der Waals surface area contributed by atoms with Crippen LogP contribution >= 0.6 is 0 Å². The van der Waals surface area contributed by atoms with E-state index in [1.807, 2.05) is 12.1 Å². The number of halogens is 1. The molecule has 3 N–H and O–H groups in total. The number of nitrogens with two attached hydrogens (primary N) is 1. The van der Waals surface area contributed by atoms with Crippen molar-refractivity contribution >= 4 is 0 Å². The maximum absolute atomic E-state index is 12.7. The number of hydrogen-bond acceptors (Lipinski definition) is 2. The Kier molecular flexibility index (Phi) is 6.04. The van der Waals surface area contributed by atoms with Crippen LogP contribution in [0.5, 0.6) is 0 Å².